The summed E-state index contributed by atoms with van der Waals surface area (Å²) in [6.45, 7) is 4.13. The van der Waals surface area contributed by atoms with Gasteiger partial charge in [0.1, 0.15) is 5.52 Å². The van der Waals surface area contributed by atoms with E-state index in [0.717, 1.165) is 23.7 Å². The Morgan fingerprint density at radius 1 is 1.35 bits per heavy atom. The molecule has 20 heavy (non-hydrogen) atoms. The van der Waals surface area contributed by atoms with Gasteiger partial charge in [0.2, 0.25) is 0 Å². The maximum Gasteiger partial charge on any atom is 0.253 e. The average Bonchev–Trinajstić information content (AvgIpc) is 2.46. The zero-order chi connectivity index (χ0) is 14.6. The minimum absolute atomic E-state index is 0.0959. The van der Waals surface area contributed by atoms with Crippen LogP contribution in [0.4, 0.5) is 0 Å². The molecule has 0 aliphatic heterocycles. The van der Waals surface area contributed by atoms with Crippen LogP contribution < -0.4 is 5.32 Å². The first-order valence-corrected chi connectivity index (χ1v) is 7.80. The Labute approximate surface area is 127 Å². The highest BCUT2D eigenvalue weighted by molar-refractivity contribution is 9.09. The van der Waals surface area contributed by atoms with E-state index < -0.39 is 0 Å². The molecule has 2 aromatic rings. The second kappa shape index (κ2) is 6.31. The lowest BCUT2D eigenvalue weighted by Crippen LogP contribution is -2.45. The van der Waals surface area contributed by atoms with E-state index in [2.05, 4.69) is 45.1 Å². The van der Waals surface area contributed by atoms with Gasteiger partial charge in [-0.1, -0.05) is 28.9 Å². The Balaban J connectivity index is 2.32. The lowest BCUT2D eigenvalue weighted by atomic mass is 9.95. The molecule has 0 bridgehead atoms. The van der Waals surface area contributed by atoms with E-state index in [1.165, 1.54) is 0 Å². The normalized spacial score (nSPS) is 13.9. The van der Waals surface area contributed by atoms with Crippen LogP contribution in [0, 0.1) is 0 Å². The summed E-state index contributed by atoms with van der Waals surface area (Å²) in [7, 11) is 0. The van der Waals surface area contributed by atoms with Crippen LogP contribution in [0.25, 0.3) is 11.0 Å². The molecule has 1 N–H and O–H groups in total. The van der Waals surface area contributed by atoms with Crippen LogP contribution in [0.5, 0.6) is 0 Å². The van der Waals surface area contributed by atoms with Crippen molar-refractivity contribution in [3.63, 3.8) is 0 Å². The van der Waals surface area contributed by atoms with Gasteiger partial charge in [0.05, 0.1) is 11.1 Å². The van der Waals surface area contributed by atoms with Gasteiger partial charge in [0.15, 0.2) is 0 Å². The molecule has 1 amide bonds. The van der Waals surface area contributed by atoms with E-state index in [4.69, 9.17) is 0 Å². The lowest BCUT2D eigenvalue weighted by molar-refractivity contribution is 0.0903. The van der Waals surface area contributed by atoms with Crippen molar-refractivity contribution in [2.75, 3.05) is 5.33 Å². The average molecular weight is 336 g/mol. The first kappa shape index (κ1) is 14.9. The van der Waals surface area contributed by atoms with Crippen molar-refractivity contribution in [1.29, 1.82) is 0 Å². The lowest BCUT2D eigenvalue weighted by Gasteiger charge is -2.29. The van der Waals surface area contributed by atoms with Crippen molar-refractivity contribution in [2.45, 2.75) is 32.2 Å². The van der Waals surface area contributed by atoms with Crippen molar-refractivity contribution < 1.29 is 4.79 Å². The van der Waals surface area contributed by atoms with Gasteiger partial charge in [-0.25, -0.2) is 0 Å². The molecule has 0 saturated heterocycles. The summed E-state index contributed by atoms with van der Waals surface area (Å²) in [4.78, 5) is 21.0. The summed E-state index contributed by atoms with van der Waals surface area (Å²) in [6, 6.07) is 5.48. The molecule has 1 aromatic carbocycles. The number of halogens is 1. The van der Waals surface area contributed by atoms with E-state index in [1.54, 1.807) is 18.5 Å². The third kappa shape index (κ3) is 3.15. The summed E-state index contributed by atoms with van der Waals surface area (Å²) >= 11 is 3.44. The molecule has 1 unspecified atom stereocenters. The van der Waals surface area contributed by atoms with Crippen LogP contribution in [0.2, 0.25) is 0 Å². The number of hydrogen-bond donors (Lipinski definition) is 1. The van der Waals surface area contributed by atoms with E-state index >= 15 is 0 Å². The molecular formula is C15H18BrN3O. The SMILES string of the molecule is CCC(C)(CCBr)NC(=O)c1cccc2nccnc12. The first-order valence-electron chi connectivity index (χ1n) is 6.68. The number of carbonyl (C=O) groups is 1. The molecule has 0 fully saturated rings. The van der Waals surface area contributed by atoms with Crippen molar-refractivity contribution in [3.05, 3.63) is 36.2 Å². The van der Waals surface area contributed by atoms with E-state index in [9.17, 15) is 4.79 Å². The largest absolute Gasteiger partial charge is 0.347 e. The topological polar surface area (TPSA) is 54.9 Å². The standard InChI is InChI=1S/C15H18BrN3O/c1-3-15(2,7-8-16)19-14(20)11-5-4-6-12-13(11)18-10-9-17-12/h4-6,9-10H,3,7-8H2,1-2H3,(H,19,20). The fraction of sp³-hybridized carbons (Fsp3) is 0.400. The van der Waals surface area contributed by atoms with Crippen molar-refractivity contribution >= 4 is 32.9 Å². The number of para-hydroxylation sites is 1. The van der Waals surface area contributed by atoms with Gasteiger partial charge in [-0.2, -0.15) is 0 Å². The zero-order valence-electron chi connectivity index (χ0n) is 11.7. The minimum atomic E-state index is -0.217. The number of hydrogen-bond acceptors (Lipinski definition) is 3. The highest BCUT2D eigenvalue weighted by Crippen LogP contribution is 2.19. The van der Waals surface area contributed by atoms with Gasteiger partial charge in [-0.15, -0.1) is 0 Å². The summed E-state index contributed by atoms with van der Waals surface area (Å²) in [5.41, 5.74) is 1.73. The van der Waals surface area contributed by atoms with Crippen molar-refractivity contribution in [1.82, 2.24) is 15.3 Å². The van der Waals surface area contributed by atoms with Crippen LogP contribution in [0.15, 0.2) is 30.6 Å². The number of rotatable bonds is 5. The number of amides is 1. The fourth-order valence-electron chi connectivity index (χ4n) is 2.05. The molecule has 0 aliphatic rings. The maximum atomic E-state index is 12.5. The van der Waals surface area contributed by atoms with Crippen LogP contribution in [-0.2, 0) is 0 Å². The fourth-order valence-corrected chi connectivity index (χ4v) is 2.93. The monoisotopic (exact) mass is 335 g/mol. The maximum absolute atomic E-state index is 12.5. The number of nitrogens with zero attached hydrogens (tertiary/aromatic N) is 2. The molecule has 1 aromatic heterocycles. The number of aromatic nitrogens is 2. The molecule has 5 heteroatoms. The van der Waals surface area contributed by atoms with Gasteiger partial charge in [-0.3, -0.25) is 14.8 Å². The number of nitrogens with one attached hydrogen (secondary N) is 1. The predicted octanol–water partition coefficient (Wildman–Crippen LogP) is 3.31. The minimum Gasteiger partial charge on any atom is -0.347 e. The molecule has 106 valence electrons. The Kier molecular flexibility index (Phi) is 4.70. The summed E-state index contributed by atoms with van der Waals surface area (Å²) in [5, 5.41) is 3.97. The van der Waals surface area contributed by atoms with Gasteiger partial charge >= 0.3 is 0 Å². The quantitative estimate of drug-likeness (QED) is 0.853. The third-order valence-corrected chi connectivity index (χ3v) is 3.98. The van der Waals surface area contributed by atoms with Crippen LogP contribution in [0.3, 0.4) is 0 Å². The van der Waals surface area contributed by atoms with Crippen LogP contribution in [0.1, 0.15) is 37.0 Å². The van der Waals surface area contributed by atoms with Gasteiger partial charge in [0, 0.05) is 23.3 Å². The Bertz CT molecular complexity index is 612. The Morgan fingerprint density at radius 2 is 2.10 bits per heavy atom. The van der Waals surface area contributed by atoms with E-state index in [-0.39, 0.29) is 11.4 Å². The molecule has 0 saturated carbocycles. The highest BCUT2D eigenvalue weighted by Gasteiger charge is 2.25. The molecule has 0 radical (unpaired) electrons. The molecule has 0 aliphatic carbocycles. The molecule has 4 nitrogen and oxygen atoms in total. The second-order valence-electron chi connectivity index (χ2n) is 5.04. The molecule has 1 heterocycles. The van der Waals surface area contributed by atoms with E-state index in [1.807, 2.05) is 12.1 Å². The van der Waals surface area contributed by atoms with Crippen molar-refractivity contribution in [3.8, 4) is 0 Å². The summed E-state index contributed by atoms with van der Waals surface area (Å²) in [6.07, 6.45) is 4.99. The summed E-state index contributed by atoms with van der Waals surface area (Å²) in [5.74, 6) is -0.0959. The summed E-state index contributed by atoms with van der Waals surface area (Å²) < 4.78 is 0. The molecular weight excluding hydrogens is 318 g/mol. The first-order chi connectivity index (χ1) is 9.59. The van der Waals surface area contributed by atoms with Crippen LogP contribution in [-0.4, -0.2) is 26.7 Å². The van der Waals surface area contributed by atoms with Crippen molar-refractivity contribution in [2.24, 2.45) is 0 Å². The van der Waals surface area contributed by atoms with Gasteiger partial charge in [-0.05, 0) is 31.9 Å². The molecule has 1 atom stereocenters. The molecule has 2 rings (SSSR count). The molecule has 0 spiro atoms. The van der Waals surface area contributed by atoms with Gasteiger partial charge in [0.25, 0.3) is 5.91 Å². The Hall–Kier alpha value is -1.49. The van der Waals surface area contributed by atoms with Crippen LogP contribution >= 0.6 is 15.9 Å². The number of alkyl halides is 1. The second-order valence-corrected chi connectivity index (χ2v) is 5.83. The highest BCUT2D eigenvalue weighted by atomic mass is 79.9. The number of fused-ring (bicyclic) bond motifs is 1. The zero-order valence-corrected chi connectivity index (χ0v) is 13.3. The smallest absolute Gasteiger partial charge is 0.253 e. The predicted molar refractivity (Wildman–Crippen MR) is 84.1 cm³/mol. The Morgan fingerprint density at radius 3 is 2.80 bits per heavy atom. The number of carbonyl (C=O) groups excluding carboxylic acids is 1. The van der Waals surface area contributed by atoms with Gasteiger partial charge < -0.3 is 5.32 Å². The third-order valence-electron chi connectivity index (χ3n) is 3.59. The van der Waals surface area contributed by atoms with E-state index in [0.29, 0.717) is 11.1 Å². The number of benzene rings is 1.